The van der Waals surface area contributed by atoms with E-state index < -0.39 is 0 Å². The summed E-state index contributed by atoms with van der Waals surface area (Å²) in [6.45, 7) is 3.65. The smallest absolute Gasteiger partial charge is 0.336 e. The fourth-order valence-electron chi connectivity index (χ4n) is 2.48. The van der Waals surface area contributed by atoms with Crippen LogP contribution in [-0.2, 0) is 0 Å². The monoisotopic (exact) mass is 345 g/mol. The maximum Gasteiger partial charge on any atom is 0.336 e. The summed E-state index contributed by atoms with van der Waals surface area (Å²) >= 11 is 1.40. The third kappa shape index (κ3) is 3.38. The van der Waals surface area contributed by atoms with Crippen LogP contribution in [0.15, 0.2) is 29.9 Å². The van der Waals surface area contributed by atoms with Gasteiger partial charge in [-0.3, -0.25) is 9.78 Å². The molecule has 3 rings (SSSR count). The average molecular weight is 345 g/mol. The Morgan fingerprint density at radius 1 is 1.33 bits per heavy atom. The number of thiazole rings is 1. The number of hydrogen-bond donors (Lipinski definition) is 1. The number of rotatable bonds is 4. The second-order valence-electron chi connectivity index (χ2n) is 5.42. The number of hydrogen-bond acceptors (Lipinski definition) is 5. The Morgan fingerprint density at radius 3 is 2.92 bits per heavy atom. The van der Waals surface area contributed by atoms with Crippen LogP contribution in [0.1, 0.15) is 30.3 Å². The van der Waals surface area contributed by atoms with Crippen molar-refractivity contribution in [3.05, 3.63) is 35.6 Å². The Bertz CT molecular complexity index is 718. The van der Waals surface area contributed by atoms with Crippen LogP contribution in [0.4, 0.5) is 4.79 Å². The third-order valence-corrected chi connectivity index (χ3v) is 4.55. The number of aromatic nitrogens is 2. The predicted molar refractivity (Wildman–Crippen MR) is 91.4 cm³/mol. The van der Waals surface area contributed by atoms with Crippen molar-refractivity contribution in [2.45, 2.75) is 19.8 Å². The van der Waals surface area contributed by atoms with Crippen LogP contribution in [0, 0.1) is 0 Å². The van der Waals surface area contributed by atoms with Gasteiger partial charge in [0.2, 0.25) is 0 Å². The summed E-state index contributed by atoms with van der Waals surface area (Å²) in [6.07, 6.45) is 5.03. The molecule has 0 spiro atoms. The number of urea groups is 1. The standard InChI is InChI=1S/C16H19N5O2S/c1-2-6-18-16(23)21-9-4-8-20(21)15(22)13-11-24-14(19-13)12-5-3-7-17-10-12/h3,5,7,10-11H,2,4,6,8-9H2,1H3,(H,18,23). The van der Waals surface area contributed by atoms with E-state index in [0.717, 1.165) is 23.4 Å². The van der Waals surface area contributed by atoms with Crippen LogP contribution >= 0.6 is 11.3 Å². The van der Waals surface area contributed by atoms with E-state index in [4.69, 9.17) is 0 Å². The van der Waals surface area contributed by atoms with Gasteiger partial charge in [-0.15, -0.1) is 11.3 Å². The van der Waals surface area contributed by atoms with Gasteiger partial charge in [-0.2, -0.15) is 0 Å². The van der Waals surface area contributed by atoms with Gasteiger partial charge in [0.05, 0.1) is 0 Å². The van der Waals surface area contributed by atoms with Crippen LogP contribution in [0.5, 0.6) is 0 Å². The highest BCUT2D eigenvalue weighted by Crippen LogP contribution is 2.24. The minimum atomic E-state index is -0.245. The van der Waals surface area contributed by atoms with E-state index in [1.54, 1.807) is 17.8 Å². The number of hydrazine groups is 1. The molecule has 3 heterocycles. The van der Waals surface area contributed by atoms with Gasteiger partial charge in [0.15, 0.2) is 0 Å². The van der Waals surface area contributed by atoms with Crippen LogP contribution in [0.25, 0.3) is 10.6 Å². The van der Waals surface area contributed by atoms with E-state index in [-0.39, 0.29) is 11.9 Å². The summed E-state index contributed by atoms with van der Waals surface area (Å²) in [7, 11) is 0. The number of carbonyl (C=O) groups excluding carboxylic acids is 2. The lowest BCUT2D eigenvalue weighted by Gasteiger charge is -2.27. The van der Waals surface area contributed by atoms with Gasteiger partial charge in [0.1, 0.15) is 10.7 Å². The molecule has 0 bridgehead atoms. The van der Waals surface area contributed by atoms with Crippen LogP contribution < -0.4 is 5.32 Å². The Kier molecular flexibility index (Phi) is 5.05. The maximum atomic E-state index is 12.7. The Balaban J connectivity index is 1.74. The van der Waals surface area contributed by atoms with Crippen LogP contribution in [-0.4, -0.2) is 51.6 Å². The SMILES string of the molecule is CCCNC(=O)N1CCCN1C(=O)c1csc(-c2cccnc2)n1. The van der Waals surface area contributed by atoms with Gasteiger partial charge in [0, 0.05) is 43.0 Å². The molecule has 126 valence electrons. The molecular formula is C16H19N5O2S. The zero-order chi connectivity index (χ0) is 16.9. The van der Waals surface area contributed by atoms with Crippen molar-refractivity contribution >= 4 is 23.3 Å². The molecule has 1 fully saturated rings. The molecule has 2 aromatic rings. The van der Waals surface area contributed by atoms with Crippen molar-refractivity contribution in [1.29, 1.82) is 0 Å². The quantitative estimate of drug-likeness (QED) is 0.923. The normalized spacial score (nSPS) is 14.0. The molecule has 1 aliphatic rings. The predicted octanol–water partition coefficient (Wildman–Crippen LogP) is 2.39. The minimum absolute atomic E-state index is 0.231. The first kappa shape index (κ1) is 16.4. The van der Waals surface area contributed by atoms with Crippen molar-refractivity contribution in [3.8, 4) is 10.6 Å². The molecule has 0 atom stereocenters. The van der Waals surface area contributed by atoms with Crippen molar-refractivity contribution in [2.24, 2.45) is 0 Å². The van der Waals surface area contributed by atoms with Crippen LogP contribution in [0.2, 0.25) is 0 Å². The van der Waals surface area contributed by atoms with Gasteiger partial charge in [-0.1, -0.05) is 6.92 Å². The van der Waals surface area contributed by atoms with Crippen molar-refractivity contribution in [2.75, 3.05) is 19.6 Å². The molecule has 3 amide bonds. The molecule has 7 nitrogen and oxygen atoms in total. The van der Waals surface area contributed by atoms with Gasteiger partial charge >= 0.3 is 6.03 Å². The lowest BCUT2D eigenvalue weighted by Crippen LogP contribution is -2.49. The highest BCUT2D eigenvalue weighted by molar-refractivity contribution is 7.13. The van der Waals surface area contributed by atoms with E-state index in [2.05, 4.69) is 15.3 Å². The first-order chi connectivity index (χ1) is 11.7. The number of amides is 3. The van der Waals surface area contributed by atoms with Crippen LogP contribution in [0.3, 0.4) is 0 Å². The molecule has 24 heavy (non-hydrogen) atoms. The number of carbonyl (C=O) groups is 2. The Labute approximate surface area is 144 Å². The van der Waals surface area contributed by atoms with Crippen molar-refractivity contribution in [3.63, 3.8) is 0 Å². The zero-order valence-corrected chi connectivity index (χ0v) is 14.3. The van der Waals surface area contributed by atoms with E-state index in [1.165, 1.54) is 21.4 Å². The molecule has 1 aliphatic heterocycles. The highest BCUT2D eigenvalue weighted by Gasteiger charge is 2.32. The molecular weight excluding hydrogens is 326 g/mol. The van der Waals surface area contributed by atoms with Gasteiger partial charge in [-0.25, -0.2) is 19.8 Å². The summed E-state index contributed by atoms with van der Waals surface area (Å²) in [5.74, 6) is -0.245. The highest BCUT2D eigenvalue weighted by atomic mass is 32.1. The van der Waals surface area contributed by atoms with Crippen molar-refractivity contribution < 1.29 is 9.59 Å². The van der Waals surface area contributed by atoms with Gasteiger partial charge in [0.25, 0.3) is 5.91 Å². The summed E-state index contributed by atoms with van der Waals surface area (Å²) in [4.78, 5) is 33.4. The summed E-state index contributed by atoms with van der Waals surface area (Å²) < 4.78 is 0. The molecule has 1 N–H and O–H groups in total. The minimum Gasteiger partial charge on any atom is -0.337 e. The zero-order valence-electron chi connectivity index (χ0n) is 13.4. The Hall–Kier alpha value is -2.48. The van der Waals surface area contributed by atoms with Gasteiger partial charge < -0.3 is 5.32 Å². The second kappa shape index (κ2) is 7.39. The maximum absolute atomic E-state index is 12.7. The van der Waals surface area contributed by atoms with E-state index in [9.17, 15) is 9.59 Å². The first-order valence-electron chi connectivity index (χ1n) is 7.93. The molecule has 2 aromatic heterocycles. The molecule has 8 heteroatoms. The number of nitrogens with one attached hydrogen (secondary N) is 1. The largest absolute Gasteiger partial charge is 0.337 e. The summed E-state index contributed by atoms with van der Waals surface area (Å²) in [5, 5.41) is 8.23. The lowest BCUT2D eigenvalue weighted by atomic mass is 10.3. The molecule has 0 unspecified atom stereocenters. The molecule has 0 radical (unpaired) electrons. The topological polar surface area (TPSA) is 78.4 Å². The second-order valence-corrected chi connectivity index (χ2v) is 6.27. The van der Waals surface area contributed by atoms with E-state index in [0.29, 0.717) is 25.3 Å². The third-order valence-electron chi connectivity index (χ3n) is 3.66. The molecule has 1 saturated heterocycles. The number of nitrogens with zero attached hydrogens (tertiary/aromatic N) is 4. The van der Waals surface area contributed by atoms with E-state index >= 15 is 0 Å². The van der Waals surface area contributed by atoms with E-state index in [1.807, 2.05) is 19.1 Å². The fraction of sp³-hybridized carbons (Fsp3) is 0.375. The van der Waals surface area contributed by atoms with Crippen molar-refractivity contribution in [1.82, 2.24) is 25.3 Å². The average Bonchev–Trinajstić information content (AvgIpc) is 3.29. The number of pyridine rings is 1. The fourth-order valence-corrected chi connectivity index (χ4v) is 3.27. The molecule has 0 aliphatic carbocycles. The molecule has 0 aromatic carbocycles. The first-order valence-corrected chi connectivity index (χ1v) is 8.81. The lowest BCUT2D eigenvalue weighted by molar-refractivity contribution is 0.0372. The Morgan fingerprint density at radius 2 is 2.17 bits per heavy atom. The van der Waals surface area contributed by atoms with Gasteiger partial charge in [-0.05, 0) is 25.0 Å². The summed E-state index contributed by atoms with van der Waals surface area (Å²) in [5.41, 5.74) is 1.23. The molecule has 0 saturated carbocycles. The summed E-state index contributed by atoms with van der Waals surface area (Å²) in [6, 6.07) is 3.50.